The van der Waals surface area contributed by atoms with Gasteiger partial charge in [-0.2, -0.15) is 12.6 Å². The van der Waals surface area contributed by atoms with Crippen molar-refractivity contribution in [2.75, 3.05) is 5.75 Å². The largest absolute Gasteiger partial charge is 0.346 e. The van der Waals surface area contributed by atoms with Crippen LogP contribution in [0, 0.1) is 5.92 Å². The Morgan fingerprint density at radius 2 is 2.15 bits per heavy atom. The number of hydrogen-bond donors (Lipinski definition) is 2. The summed E-state index contributed by atoms with van der Waals surface area (Å²) in [7, 11) is 0. The maximum atomic E-state index is 4.44. The number of aromatic amines is 1. The van der Waals surface area contributed by atoms with Gasteiger partial charge in [0.2, 0.25) is 0 Å². The normalized spacial score (nSPS) is 23.6. The van der Waals surface area contributed by atoms with Gasteiger partial charge in [-0.25, -0.2) is 9.50 Å². The molecular formula is C14H17N5S. The van der Waals surface area contributed by atoms with Gasteiger partial charge >= 0.3 is 0 Å². The van der Waals surface area contributed by atoms with Crippen LogP contribution in [0.25, 0.3) is 16.6 Å². The maximum Gasteiger partial charge on any atom is 0.141 e. The molecule has 0 bridgehead atoms. The monoisotopic (exact) mass is 287 g/mol. The van der Waals surface area contributed by atoms with Gasteiger partial charge in [-0.15, -0.1) is 5.10 Å². The summed E-state index contributed by atoms with van der Waals surface area (Å²) >= 11 is 4.42. The highest BCUT2D eigenvalue weighted by Gasteiger charge is 2.26. The molecule has 0 radical (unpaired) electrons. The van der Waals surface area contributed by atoms with Crippen molar-refractivity contribution in [3.05, 3.63) is 24.3 Å². The molecule has 0 saturated heterocycles. The first kappa shape index (κ1) is 12.2. The molecule has 1 aliphatic rings. The fraction of sp³-hybridized carbons (Fsp3) is 0.500. The SMILES string of the molecule is SCC1CCC(c2nnn3cnc4[nH]ccc4c23)CC1. The van der Waals surface area contributed by atoms with Gasteiger partial charge in [-0.1, -0.05) is 5.21 Å². The van der Waals surface area contributed by atoms with Crippen LogP contribution in [0.3, 0.4) is 0 Å². The minimum absolute atomic E-state index is 0.518. The molecule has 0 amide bonds. The topological polar surface area (TPSA) is 58.9 Å². The van der Waals surface area contributed by atoms with Crippen LogP contribution in [-0.2, 0) is 0 Å². The van der Waals surface area contributed by atoms with Crippen LogP contribution in [0.4, 0.5) is 0 Å². The van der Waals surface area contributed by atoms with Crippen LogP contribution < -0.4 is 0 Å². The zero-order valence-electron chi connectivity index (χ0n) is 11.2. The van der Waals surface area contributed by atoms with Crippen LogP contribution in [0.5, 0.6) is 0 Å². The van der Waals surface area contributed by atoms with Gasteiger partial charge in [0.15, 0.2) is 0 Å². The van der Waals surface area contributed by atoms with E-state index in [0.717, 1.165) is 33.9 Å². The minimum atomic E-state index is 0.518. The van der Waals surface area contributed by atoms with E-state index in [2.05, 4.69) is 39.0 Å². The molecule has 20 heavy (non-hydrogen) atoms. The number of aromatic nitrogens is 5. The summed E-state index contributed by atoms with van der Waals surface area (Å²) in [5, 5.41) is 9.79. The number of fused-ring (bicyclic) bond motifs is 3. The quantitative estimate of drug-likeness (QED) is 0.713. The van der Waals surface area contributed by atoms with E-state index < -0.39 is 0 Å². The Bertz CT molecular complexity index is 738. The predicted octanol–water partition coefficient (Wildman–Crippen LogP) is 2.81. The summed E-state index contributed by atoms with van der Waals surface area (Å²) in [5.41, 5.74) is 3.16. The van der Waals surface area contributed by atoms with Crippen molar-refractivity contribution in [1.29, 1.82) is 0 Å². The van der Waals surface area contributed by atoms with Gasteiger partial charge in [0, 0.05) is 17.5 Å². The molecular weight excluding hydrogens is 270 g/mol. The fourth-order valence-electron chi connectivity index (χ4n) is 3.31. The summed E-state index contributed by atoms with van der Waals surface area (Å²) < 4.78 is 1.80. The van der Waals surface area contributed by atoms with Gasteiger partial charge < -0.3 is 4.98 Å². The Balaban J connectivity index is 1.78. The van der Waals surface area contributed by atoms with Gasteiger partial charge in [-0.05, 0) is 43.4 Å². The maximum absolute atomic E-state index is 4.44. The molecule has 0 atom stereocenters. The number of thiol groups is 1. The van der Waals surface area contributed by atoms with Gasteiger partial charge in [0.25, 0.3) is 0 Å². The zero-order valence-corrected chi connectivity index (χ0v) is 12.1. The molecule has 0 aliphatic heterocycles. The summed E-state index contributed by atoms with van der Waals surface area (Å²) in [5.74, 6) is 2.29. The number of H-pyrrole nitrogens is 1. The first-order valence-electron chi connectivity index (χ1n) is 7.14. The minimum Gasteiger partial charge on any atom is -0.346 e. The lowest BCUT2D eigenvalue weighted by molar-refractivity contribution is 0.350. The van der Waals surface area contributed by atoms with Crippen molar-refractivity contribution in [3.8, 4) is 0 Å². The van der Waals surface area contributed by atoms with Gasteiger partial charge in [0.05, 0.1) is 5.69 Å². The molecule has 3 heterocycles. The highest BCUT2D eigenvalue weighted by Crippen LogP contribution is 2.37. The van der Waals surface area contributed by atoms with Crippen molar-refractivity contribution in [2.24, 2.45) is 5.92 Å². The molecule has 4 rings (SSSR count). The van der Waals surface area contributed by atoms with Crippen molar-refractivity contribution in [1.82, 2.24) is 24.8 Å². The van der Waals surface area contributed by atoms with Gasteiger partial charge in [0.1, 0.15) is 17.5 Å². The third kappa shape index (κ3) is 1.82. The fourth-order valence-corrected chi connectivity index (χ4v) is 3.68. The molecule has 3 aromatic rings. The number of nitrogens with zero attached hydrogens (tertiary/aromatic N) is 4. The lowest BCUT2D eigenvalue weighted by atomic mass is 9.81. The predicted molar refractivity (Wildman–Crippen MR) is 81.2 cm³/mol. The summed E-state index contributed by atoms with van der Waals surface area (Å²) in [6.07, 6.45) is 8.53. The Morgan fingerprint density at radius 3 is 2.95 bits per heavy atom. The molecule has 1 fully saturated rings. The molecule has 1 N–H and O–H groups in total. The molecule has 0 spiro atoms. The second kappa shape index (κ2) is 4.77. The van der Waals surface area contributed by atoms with E-state index >= 15 is 0 Å². The number of nitrogens with one attached hydrogen (secondary N) is 1. The van der Waals surface area contributed by atoms with E-state index in [-0.39, 0.29) is 0 Å². The second-order valence-electron chi connectivity index (χ2n) is 5.65. The van der Waals surface area contributed by atoms with Crippen LogP contribution in [0.2, 0.25) is 0 Å². The molecule has 6 heteroatoms. The molecule has 3 aromatic heterocycles. The highest BCUT2D eigenvalue weighted by molar-refractivity contribution is 7.80. The third-order valence-electron chi connectivity index (χ3n) is 4.49. The Hall–Kier alpha value is -1.56. The lowest BCUT2D eigenvalue weighted by Crippen LogP contribution is -2.15. The van der Waals surface area contributed by atoms with E-state index in [1.165, 1.54) is 25.7 Å². The summed E-state index contributed by atoms with van der Waals surface area (Å²) in [6, 6.07) is 2.06. The molecule has 0 unspecified atom stereocenters. The van der Waals surface area contributed by atoms with Crippen molar-refractivity contribution in [2.45, 2.75) is 31.6 Å². The number of rotatable bonds is 2. The highest BCUT2D eigenvalue weighted by atomic mass is 32.1. The van der Waals surface area contributed by atoms with Crippen LogP contribution in [-0.4, -0.2) is 30.5 Å². The standard InChI is InChI=1S/C14H17N5S/c20-7-9-1-3-10(4-2-9)12-13-11-5-6-15-14(11)16-8-19(13)18-17-12/h5-6,8-10,15,20H,1-4,7H2. The average Bonchev–Trinajstić information content (AvgIpc) is 3.13. The van der Waals surface area contributed by atoms with E-state index in [1.54, 1.807) is 10.8 Å². The smallest absolute Gasteiger partial charge is 0.141 e. The van der Waals surface area contributed by atoms with Crippen LogP contribution in [0.1, 0.15) is 37.3 Å². The van der Waals surface area contributed by atoms with Crippen molar-refractivity contribution < 1.29 is 0 Å². The van der Waals surface area contributed by atoms with E-state index in [9.17, 15) is 0 Å². The Labute approximate surface area is 122 Å². The van der Waals surface area contributed by atoms with Crippen LogP contribution in [0.15, 0.2) is 18.6 Å². The van der Waals surface area contributed by atoms with Crippen molar-refractivity contribution >= 4 is 29.2 Å². The lowest BCUT2D eigenvalue weighted by Gasteiger charge is -2.26. The molecule has 1 saturated carbocycles. The zero-order chi connectivity index (χ0) is 13.5. The molecule has 0 aromatic carbocycles. The van der Waals surface area contributed by atoms with Crippen LogP contribution >= 0.6 is 12.6 Å². The summed E-state index contributed by atoms with van der Waals surface area (Å²) in [6.45, 7) is 0. The average molecular weight is 287 g/mol. The Morgan fingerprint density at radius 1 is 1.30 bits per heavy atom. The number of hydrogen-bond acceptors (Lipinski definition) is 4. The Kier molecular flexibility index (Phi) is 2.91. The van der Waals surface area contributed by atoms with E-state index in [0.29, 0.717) is 5.92 Å². The summed E-state index contributed by atoms with van der Waals surface area (Å²) in [4.78, 5) is 7.51. The first-order chi connectivity index (χ1) is 9.86. The second-order valence-corrected chi connectivity index (χ2v) is 6.02. The van der Waals surface area contributed by atoms with E-state index in [1.807, 2.05) is 6.20 Å². The molecule has 1 aliphatic carbocycles. The molecule has 104 valence electrons. The van der Waals surface area contributed by atoms with E-state index in [4.69, 9.17) is 0 Å². The first-order valence-corrected chi connectivity index (χ1v) is 7.78. The third-order valence-corrected chi connectivity index (χ3v) is 5.01. The van der Waals surface area contributed by atoms with Gasteiger partial charge in [-0.3, -0.25) is 0 Å². The van der Waals surface area contributed by atoms with Crippen molar-refractivity contribution in [3.63, 3.8) is 0 Å². The molecule has 5 nitrogen and oxygen atoms in total.